The van der Waals surface area contributed by atoms with E-state index in [2.05, 4.69) is 12.2 Å². The monoisotopic (exact) mass is 275 g/mol. The minimum atomic E-state index is -0.658. The second-order valence-electron chi connectivity index (χ2n) is 5.82. The molecule has 2 aliphatic heterocycles. The van der Waals surface area contributed by atoms with Crippen molar-refractivity contribution in [3.63, 3.8) is 0 Å². The van der Waals surface area contributed by atoms with E-state index in [1.165, 1.54) is 0 Å². The number of aliphatic hydroxyl groups excluding tert-OH is 1. The number of amides is 1. The van der Waals surface area contributed by atoms with Gasteiger partial charge in [0.1, 0.15) is 6.10 Å². The minimum absolute atomic E-state index is 0.0352. The van der Waals surface area contributed by atoms with Crippen LogP contribution in [0.1, 0.15) is 47.4 Å². The second-order valence-corrected chi connectivity index (χ2v) is 5.82. The molecular formula is C16H21NO3. The number of nitrogens with one attached hydrogen (secondary N) is 1. The molecule has 3 rings (SSSR count). The highest BCUT2D eigenvalue weighted by Gasteiger charge is 2.32. The number of ether oxygens (including phenoxy) is 1. The zero-order valence-corrected chi connectivity index (χ0v) is 11.8. The molecule has 0 aliphatic carbocycles. The number of carbonyl (C=O) groups excluding carboxylic acids is 1. The van der Waals surface area contributed by atoms with Crippen LogP contribution in [0, 0.1) is 5.92 Å². The number of fused-ring (bicyclic) bond motifs is 1. The van der Waals surface area contributed by atoms with Crippen LogP contribution in [-0.2, 0) is 11.2 Å². The van der Waals surface area contributed by atoms with Crippen LogP contribution >= 0.6 is 0 Å². The Morgan fingerprint density at radius 3 is 3.05 bits per heavy atom. The quantitative estimate of drug-likeness (QED) is 0.865. The van der Waals surface area contributed by atoms with Gasteiger partial charge in [-0.05, 0) is 42.4 Å². The molecule has 3 unspecified atom stereocenters. The SMILES string of the molecule is CC1CCOC1C(O)c1ccc2c(c1)C(=O)NCCC2. The summed E-state index contributed by atoms with van der Waals surface area (Å²) in [6, 6.07) is 5.73. The third-order valence-corrected chi connectivity index (χ3v) is 4.38. The Hall–Kier alpha value is -1.39. The Bertz CT molecular complexity index is 514. The van der Waals surface area contributed by atoms with Gasteiger partial charge in [0.2, 0.25) is 0 Å². The summed E-state index contributed by atoms with van der Waals surface area (Å²) in [4.78, 5) is 12.0. The van der Waals surface area contributed by atoms with Gasteiger partial charge in [0, 0.05) is 18.7 Å². The molecule has 4 heteroatoms. The molecule has 4 nitrogen and oxygen atoms in total. The number of carbonyl (C=O) groups is 1. The largest absolute Gasteiger partial charge is 0.386 e. The number of benzene rings is 1. The van der Waals surface area contributed by atoms with Crippen molar-refractivity contribution < 1.29 is 14.6 Å². The van der Waals surface area contributed by atoms with Crippen molar-refractivity contribution in [2.24, 2.45) is 5.92 Å². The van der Waals surface area contributed by atoms with Gasteiger partial charge in [-0.1, -0.05) is 19.1 Å². The molecule has 1 aromatic rings. The zero-order valence-electron chi connectivity index (χ0n) is 11.8. The molecule has 2 aliphatic rings. The Morgan fingerprint density at radius 2 is 2.30 bits per heavy atom. The van der Waals surface area contributed by atoms with Crippen LogP contribution in [0.25, 0.3) is 0 Å². The smallest absolute Gasteiger partial charge is 0.251 e. The molecular weight excluding hydrogens is 254 g/mol. The molecule has 0 aromatic heterocycles. The van der Waals surface area contributed by atoms with Crippen LogP contribution in [0.5, 0.6) is 0 Å². The summed E-state index contributed by atoms with van der Waals surface area (Å²) in [5.41, 5.74) is 2.54. The Kier molecular flexibility index (Phi) is 3.76. The summed E-state index contributed by atoms with van der Waals surface area (Å²) in [6.45, 7) is 3.51. The second kappa shape index (κ2) is 5.54. The van der Waals surface area contributed by atoms with Gasteiger partial charge in [-0.3, -0.25) is 4.79 Å². The first-order valence-electron chi connectivity index (χ1n) is 7.37. The molecule has 108 valence electrons. The topological polar surface area (TPSA) is 58.6 Å². The third kappa shape index (κ3) is 2.45. The van der Waals surface area contributed by atoms with Crippen molar-refractivity contribution >= 4 is 5.91 Å². The van der Waals surface area contributed by atoms with Gasteiger partial charge in [0.05, 0.1) is 6.10 Å². The van der Waals surface area contributed by atoms with E-state index in [9.17, 15) is 9.90 Å². The lowest BCUT2D eigenvalue weighted by molar-refractivity contribution is -0.0178. The molecule has 3 atom stereocenters. The van der Waals surface area contributed by atoms with Crippen LogP contribution in [0.15, 0.2) is 18.2 Å². The maximum absolute atomic E-state index is 12.0. The van der Waals surface area contributed by atoms with E-state index < -0.39 is 6.10 Å². The van der Waals surface area contributed by atoms with Crippen molar-refractivity contribution in [1.82, 2.24) is 5.32 Å². The molecule has 1 fully saturated rings. The predicted octanol–water partition coefficient (Wildman–Crippen LogP) is 1.82. The number of aryl methyl sites for hydroxylation is 1. The number of rotatable bonds is 2. The van der Waals surface area contributed by atoms with Crippen LogP contribution < -0.4 is 5.32 Å². The van der Waals surface area contributed by atoms with Gasteiger partial charge in [0.15, 0.2) is 0 Å². The van der Waals surface area contributed by atoms with Gasteiger partial charge in [-0.15, -0.1) is 0 Å². The van der Waals surface area contributed by atoms with Crippen molar-refractivity contribution in [2.45, 2.75) is 38.4 Å². The molecule has 1 aromatic carbocycles. The van der Waals surface area contributed by atoms with E-state index in [4.69, 9.17) is 4.74 Å². The molecule has 1 amide bonds. The first-order valence-corrected chi connectivity index (χ1v) is 7.37. The fourth-order valence-electron chi connectivity index (χ4n) is 3.09. The molecule has 20 heavy (non-hydrogen) atoms. The van der Waals surface area contributed by atoms with E-state index in [1.54, 1.807) is 0 Å². The summed E-state index contributed by atoms with van der Waals surface area (Å²) in [6.07, 6.45) is 2.02. The maximum atomic E-state index is 12.0. The van der Waals surface area contributed by atoms with Gasteiger partial charge < -0.3 is 15.2 Å². The number of hydrogen-bond acceptors (Lipinski definition) is 3. The van der Waals surface area contributed by atoms with Crippen LogP contribution in [0.3, 0.4) is 0 Å². The van der Waals surface area contributed by atoms with Crippen LogP contribution in [0.4, 0.5) is 0 Å². The van der Waals surface area contributed by atoms with Gasteiger partial charge in [-0.25, -0.2) is 0 Å². The summed E-state index contributed by atoms with van der Waals surface area (Å²) in [5.74, 6) is 0.310. The molecule has 0 saturated carbocycles. The summed E-state index contributed by atoms with van der Waals surface area (Å²) in [7, 11) is 0. The fraction of sp³-hybridized carbons (Fsp3) is 0.562. The number of hydrogen-bond donors (Lipinski definition) is 2. The fourth-order valence-corrected chi connectivity index (χ4v) is 3.09. The van der Waals surface area contributed by atoms with Crippen molar-refractivity contribution in [1.29, 1.82) is 0 Å². The first kappa shape index (κ1) is 13.6. The van der Waals surface area contributed by atoms with E-state index in [0.717, 1.165) is 30.4 Å². The Morgan fingerprint density at radius 1 is 1.45 bits per heavy atom. The zero-order chi connectivity index (χ0) is 14.1. The van der Waals surface area contributed by atoms with E-state index in [-0.39, 0.29) is 12.0 Å². The van der Waals surface area contributed by atoms with Crippen molar-refractivity contribution in [3.05, 3.63) is 34.9 Å². The normalized spacial score (nSPS) is 27.6. The highest BCUT2D eigenvalue weighted by molar-refractivity contribution is 5.96. The average Bonchev–Trinajstić information content (AvgIpc) is 2.79. The molecule has 0 bridgehead atoms. The molecule has 1 saturated heterocycles. The molecule has 2 heterocycles. The van der Waals surface area contributed by atoms with Crippen LogP contribution in [-0.4, -0.2) is 30.3 Å². The Balaban J connectivity index is 1.89. The standard InChI is InChI=1S/C16H21NO3/c1-10-6-8-20-15(10)14(18)12-5-4-11-3-2-7-17-16(19)13(11)9-12/h4-5,9-10,14-15,18H,2-3,6-8H2,1H3,(H,17,19). The van der Waals surface area contributed by atoms with E-state index in [1.807, 2.05) is 18.2 Å². The predicted molar refractivity (Wildman–Crippen MR) is 75.6 cm³/mol. The van der Waals surface area contributed by atoms with Crippen molar-refractivity contribution in [3.8, 4) is 0 Å². The Labute approximate surface area is 119 Å². The first-order chi connectivity index (χ1) is 9.66. The van der Waals surface area contributed by atoms with Gasteiger partial charge in [-0.2, -0.15) is 0 Å². The third-order valence-electron chi connectivity index (χ3n) is 4.38. The van der Waals surface area contributed by atoms with E-state index in [0.29, 0.717) is 24.6 Å². The van der Waals surface area contributed by atoms with Gasteiger partial charge >= 0.3 is 0 Å². The average molecular weight is 275 g/mol. The lowest BCUT2D eigenvalue weighted by atomic mass is 9.92. The molecule has 0 spiro atoms. The highest BCUT2D eigenvalue weighted by atomic mass is 16.5. The summed E-state index contributed by atoms with van der Waals surface area (Å²) >= 11 is 0. The summed E-state index contributed by atoms with van der Waals surface area (Å²) in [5, 5.41) is 13.4. The van der Waals surface area contributed by atoms with Crippen molar-refractivity contribution in [2.75, 3.05) is 13.2 Å². The lowest BCUT2D eigenvalue weighted by Gasteiger charge is -2.22. The van der Waals surface area contributed by atoms with Gasteiger partial charge in [0.25, 0.3) is 5.91 Å². The van der Waals surface area contributed by atoms with E-state index >= 15 is 0 Å². The highest BCUT2D eigenvalue weighted by Crippen LogP contribution is 2.32. The lowest BCUT2D eigenvalue weighted by Crippen LogP contribution is -2.25. The molecule has 0 radical (unpaired) electrons. The maximum Gasteiger partial charge on any atom is 0.251 e. The van der Waals surface area contributed by atoms with Crippen LogP contribution in [0.2, 0.25) is 0 Å². The minimum Gasteiger partial charge on any atom is -0.386 e. The summed E-state index contributed by atoms with van der Waals surface area (Å²) < 4.78 is 5.63. The number of aliphatic hydroxyl groups is 1. The molecule has 2 N–H and O–H groups in total.